The van der Waals surface area contributed by atoms with Gasteiger partial charge in [0.15, 0.2) is 0 Å². The van der Waals surface area contributed by atoms with Crippen LogP contribution in [-0.2, 0) is 4.74 Å². The lowest BCUT2D eigenvalue weighted by atomic mass is 10.1. The molecule has 0 amide bonds. The minimum Gasteiger partial charge on any atom is -0.378 e. The fourth-order valence-corrected chi connectivity index (χ4v) is 3.09. The molecule has 0 aromatic carbocycles. The Morgan fingerprint density at radius 2 is 1.53 bits per heavy atom. The molecule has 1 aliphatic heterocycles. The van der Waals surface area contributed by atoms with Gasteiger partial charge in [-0.2, -0.15) is 0 Å². The maximum atomic E-state index is 6.01. The molecular formula is C16H30N2O. The molecule has 3 heteroatoms. The lowest BCUT2D eigenvalue weighted by molar-refractivity contribution is 0.0274. The number of hydrogen-bond donors (Lipinski definition) is 1. The summed E-state index contributed by atoms with van der Waals surface area (Å²) in [7, 11) is 0. The molecule has 0 aromatic heterocycles. The largest absolute Gasteiger partial charge is 0.378 e. The Balaban J connectivity index is 1.27. The third-order valence-electron chi connectivity index (χ3n) is 4.69. The zero-order valence-corrected chi connectivity index (χ0v) is 12.3. The molecule has 3 aliphatic rings. The highest BCUT2D eigenvalue weighted by atomic mass is 16.5. The first-order valence-electron chi connectivity index (χ1n) is 8.45. The van der Waals surface area contributed by atoms with Gasteiger partial charge >= 0.3 is 0 Å². The first-order chi connectivity index (χ1) is 9.40. The van der Waals surface area contributed by atoms with Gasteiger partial charge in [-0.3, -0.25) is 0 Å². The van der Waals surface area contributed by atoms with E-state index in [1.165, 1.54) is 64.6 Å². The van der Waals surface area contributed by atoms with E-state index < -0.39 is 0 Å². The highest BCUT2D eigenvalue weighted by Crippen LogP contribution is 2.33. The minimum atomic E-state index is 0.529. The molecule has 1 heterocycles. The molecule has 0 aromatic rings. The zero-order valence-electron chi connectivity index (χ0n) is 12.3. The lowest BCUT2D eigenvalue weighted by Gasteiger charge is -2.25. The van der Waals surface area contributed by atoms with Crippen molar-refractivity contribution in [2.24, 2.45) is 11.8 Å². The Hall–Kier alpha value is -0.120. The maximum Gasteiger partial charge on any atom is 0.0599 e. The predicted octanol–water partition coefficient (Wildman–Crippen LogP) is 2.27. The van der Waals surface area contributed by atoms with Crippen LogP contribution in [0.25, 0.3) is 0 Å². The van der Waals surface area contributed by atoms with Gasteiger partial charge in [0.1, 0.15) is 0 Å². The Labute approximate surface area is 118 Å². The number of ether oxygens (including phenoxy) is 1. The summed E-state index contributed by atoms with van der Waals surface area (Å²) in [6, 6.07) is 0. The molecule has 0 bridgehead atoms. The number of hydrogen-bond acceptors (Lipinski definition) is 3. The van der Waals surface area contributed by atoms with Crippen LogP contribution in [0, 0.1) is 11.8 Å². The van der Waals surface area contributed by atoms with Crippen molar-refractivity contribution in [1.29, 1.82) is 0 Å². The van der Waals surface area contributed by atoms with Gasteiger partial charge in [-0.1, -0.05) is 0 Å². The van der Waals surface area contributed by atoms with Crippen LogP contribution in [0.15, 0.2) is 0 Å². The van der Waals surface area contributed by atoms with Crippen LogP contribution < -0.4 is 5.32 Å². The van der Waals surface area contributed by atoms with Gasteiger partial charge in [0.05, 0.1) is 6.10 Å². The molecule has 110 valence electrons. The normalized spacial score (nSPS) is 25.1. The van der Waals surface area contributed by atoms with Crippen LogP contribution in [0.2, 0.25) is 0 Å². The number of rotatable bonds is 9. The van der Waals surface area contributed by atoms with Crippen molar-refractivity contribution in [2.45, 2.75) is 51.0 Å². The number of nitrogens with zero attached hydrogens (tertiary/aromatic N) is 1. The first-order valence-corrected chi connectivity index (χ1v) is 8.45. The molecule has 1 saturated heterocycles. The summed E-state index contributed by atoms with van der Waals surface area (Å²) in [5, 5.41) is 3.39. The zero-order chi connectivity index (χ0) is 12.9. The molecule has 2 saturated carbocycles. The molecule has 0 radical (unpaired) electrons. The monoisotopic (exact) mass is 266 g/mol. The van der Waals surface area contributed by atoms with Gasteiger partial charge in [-0.15, -0.1) is 0 Å². The second-order valence-corrected chi connectivity index (χ2v) is 6.82. The molecule has 19 heavy (non-hydrogen) atoms. The van der Waals surface area contributed by atoms with Gasteiger partial charge in [0.2, 0.25) is 0 Å². The fraction of sp³-hybridized carbons (Fsp3) is 1.00. The number of nitrogens with one attached hydrogen (secondary N) is 1. The van der Waals surface area contributed by atoms with Gasteiger partial charge in [-0.05, 0) is 69.9 Å². The van der Waals surface area contributed by atoms with E-state index >= 15 is 0 Å². The van der Waals surface area contributed by atoms with E-state index in [2.05, 4.69) is 10.2 Å². The molecular weight excluding hydrogens is 236 g/mol. The highest BCUT2D eigenvalue weighted by molar-refractivity contribution is 4.82. The van der Waals surface area contributed by atoms with Crippen LogP contribution in [0.3, 0.4) is 0 Å². The van der Waals surface area contributed by atoms with E-state index in [4.69, 9.17) is 4.74 Å². The molecule has 0 unspecified atom stereocenters. The fourth-order valence-electron chi connectivity index (χ4n) is 3.09. The maximum absolute atomic E-state index is 6.01. The summed E-state index contributed by atoms with van der Waals surface area (Å²) in [5.41, 5.74) is 0. The van der Waals surface area contributed by atoms with Crippen LogP contribution in [-0.4, -0.2) is 50.3 Å². The summed E-state index contributed by atoms with van der Waals surface area (Å²) in [4.78, 5) is 2.72. The van der Waals surface area contributed by atoms with Crippen LogP contribution in [0.5, 0.6) is 0 Å². The van der Waals surface area contributed by atoms with Crippen molar-refractivity contribution in [3.8, 4) is 0 Å². The average Bonchev–Trinajstić information content (AvgIpc) is 3.32. The van der Waals surface area contributed by atoms with Crippen molar-refractivity contribution in [2.75, 3.05) is 39.3 Å². The third-order valence-corrected chi connectivity index (χ3v) is 4.69. The first kappa shape index (κ1) is 13.8. The Morgan fingerprint density at radius 3 is 2.11 bits per heavy atom. The van der Waals surface area contributed by atoms with Crippen molar-refractivity contribution < 1.29 is 4.74 Å². The Kier molecular flexibility index (Phi) is 5.14. The topological polar surface area (TPSA) is 24.5 Å². The Bertz CT molecular complexity index is 243. The summed E-state index contributed by atoms with van der Waals surface area (Å²) < 4.78 is 6.01. The van der Waals surface area contributed by atoms with E-state index in [0.717, 1.165) is 31.5 Å². The molecule has 0 atom stereocenters. The van der Waals surface area contributed by atoms with Gasteiger partial charge in [-0.25, -0.2) is 0 Å². The Morgan fingerprint density at radius 1 is 0.895 bits per heavy atom. The van der Waals surface area contributed by atoms with Gasteiger partial charge < -0.3 is 15.0 Å². The van der Waals surface area contributed by atoms with Crippen LogP contribution in [0.1, 0.15) is 44.9 Å². The molecule has 3 fully saturated rings. The van der Waals surface area contributed by atoms with Crippen molar-refractivity contribution in [1.82, 2.24) is 10.2 Å². The minimum absolute atomic E-state index is 0.529. The predicted molar refractivity (Wildman–Crippen MR) is 78.3 cm³/mol. The second-order valence-electron chi connectivity index (χ2n) is 6.82. The van der Waals surface area contributed by atoms with E-state index in [0.29, 0.717) is 6.10 Å². The van der Waals surface area contributed by atoms with Crippen molar-refractivity contribution in [3.05, 3.63) is 0 Å². The third kappa shape index (κ3) is 5.41. The van der Waals surface area contributed by atoms with Crippen LogP contribution in [0.4, 0.5) is 0 Å². The van der Waals surface area contributed by atoms with Crippen molar-refractivity contribution >= 4 is 0 Å². The van der Waals surface area contributed by atoms with Gasteiger partial charge in [0, 0.05) is 26.2 Å². The summed E-state index contributed by atoms with van der Waals surface area (Å²) >= 11 is 0. The number of piperidine rings is 1. The molecule has 2 aliphatic carbocycles. The van der Waals surface area contributed by atoms with Crippen molar-refractivity contribution in [3.63, 3.8) is 0 Å². The lowest BCUT2D eigenvalue weighted by Crippen LogP contribution is -2.33. The molecule has 0 spiro atoms. The molecule has 1 N–H and O–H groups in total. The highest BCUT2D eigenvalue weighted by Gasteiger charge is 2.28. The van der Waals surface area contributed by atoms with Crippen LogP contribution >= 0.6 is 0 Å². The smallest absolute Gasteiger partial charge is 0.0599 e. The van der Waals surface area contributed by atoms with Gasteiger partial charge in [0.25, 0.3) is 0 Å². The SMILES string of the molecule is C(COC1CCNCC1)CN(CC1CC1)CC1CC1. The standard InChI is InChI=1S/C16H30N2O/c1(11-19-16-6-8-17-9-7-16)10-18(12-14-2-3-14)13-15-4-5-15/h14-17H,1-13H2. The van der Waals surface area contributed by atoms with E-state index in [1.807, 2.05) is 0 Å². The average molecular weight is 266 g/mol. The summed E-state index contributed by atoms with van der Waals surface area (Å²) in [6.45, 7) is 7.24. The molecule has 3 nitrogen and oxygen atoms in total. The summed E-state index contributed by atoms with van der Waals surface area (Å²) in [5.74, 6) is 2.06. The summed E-state index contributed by atoms with van der Waals surface area (Å²) in [6.07, 6.45) is 10.1. The molecule has 3 rings (SSSR count). The quantitative estimate of drug-likeness (QED) is 0.648. The van der Waals surface area contributed by atoms with E-state index in [-0.39, 0.29) is 0 Å². The van der Waals surface area contributed by atoms with E-state index in [9.17, 15) is 0 Å². The van der Waals surface area contributed by atoms with E-state index in [1.54, 1.807) is 0 Å². The second kappa shape index (κ2) is 7.05.